The summed E-state index contributed by atoms with van der Waals surface area (Å²) < 4.78 is 11.6. The van der Waals surface area contributed by atoms with E-state index in [0.717, 1.165) is 11.1 Å². The van der Waals surface area contributed by atoms with Crippen molar-refractivity contribution in [1.82, 2.24) is 15.3 Å². The molecular formula is C31H29Cl2N5O5. The van der Waals surface area contributed by atoms with Crippen LogP contribution >= 0.6 is 23.2 Å². The highest BCUT2D eigenvalue weighted by Gasteiger charge is 2.19. The zero-order chi connectivity index (χ0) is 31.1. The molecule has 0 bridgehead atoms. The number of halogens is 2. The number of anilines is 2. The van der Waals surface area contributed by atoms with Crippen LogP contribution in [0.1, 0.15) is 23.7 Å². The maximum absolute atomic E-state index is 12.9. The molecule has 0 fully saturated rings. The van der Waals surface area contributed by atoms with E-state index in [4.69, 9.17) is 32.7 Å². The van der Waals surface area contributed by atoms with Gasteiger partial charge in [0, 0.05) is 54.0 Å². The first-order chi connectivity index (χ1) is 20.6. The van der Waals surface area contributed by atoms with Crippen LogP contribution in [0.3, 0.4) is 0 Å². The molecule has 2 aromatic carbocycles. The predicted octanol–water partition coefficient (Wildman–Crippen LogP) is 5.58. The molecule has 222 valence electrons. The molecule has 4 rings (SSSR count). The summed E-state index contributed by atoms with van der Waals surface area (Å²) in [4.78, 5) is 46.4. The Morgan fingerprint density at radius 1 is 1.07 bits per heavy atom. The first-order valence-electron chi connectivity index (χ1n) is 13.1. The lowest BCUT2D eigenvalue weighted by molar-refractivity contribution is -0.122. The summed E-state index contributed by atoms with van der Waals surface area (Å²) in [6.07, 6.45) is 4.33. The van der Waals surface area contributed by atoms with Gasteiger partial charge in [-0.25, -0.2) is 9.97 Å². The second kappa shape index (κ2) is 14.0. The molecule has 0 aliphatic heterocycles. The van der Waals surface area contributed by atoms with Gasteiger partial charge in [0.05, 0.1) is 24.4 Å². The Hall–Kier alpha value is -4.67. The molecule has 2 heterocycles. The number of carbonyl (C=O) groups excluding carboxylic acids is 3. The largest absolute Gasteiger partial charge is 0.496 e. The molecule has 0 radical (unpaired) electrons. The number of aryl methyl sites for hydroxylation is 1. The third-order valence-corrected chi connectivity index (χ3v) is 7.09. The van der Waals surface area contributed by atoms with E-state index in [0.29, 0.717) is 44.7 Å². The number of hydrogen-bond acceptors (Lipinski definition) is 7. The molecule has 0 saturated heterocycles. The number of likely N-dealkylation sites (N-methyl/N-ethyl adjacent to an activating group) is 1. The molecule has 12 heteroatoms. The van der Waals surface area contributed by atoms with E-state index in [2.05, 4.69) is 20.6 Å². The third-order valence-electron chi connectivity index (χ3n) is 6.32. The van der Waals surface area contributed by atoms with Crippen molar-refractivity contribution >= 4 is 69.4 Å². The summed E-state index contributed by atoms with van der Waals surface area (Å²) in [6, 6.07) is 13.9. The zero-order valence-electron chi connectivity index (χ0n) is 23.9. The number of amides is 3. The van der Waals surface area contributed by atoms with Crippen LogP contribution in [-0.2, 0) is 21.0 Å². The summed E-state index contributed by atoms with van der Waals surface area (Å²) in [5.41, 5.74) is 2.94. The molecular weight excluding hydrogens is 593 g/mol. The van der Waals surface area contributed by atoms with Gasteiger partial charge in [0.25, 0.3) is 0 Å². The Kier molecular flexibility index (Phi) is 10.2. The van der Waals surface area contributed by atoms with Gasteiger partial charge in [-0.05, 0) is 55.0 Å². The summed E-state index contributed by atoms with van der Waals surface area (Å²) >= 11 is 13.2. The van der Waals surface area contributed by atoms with Crippen LogP contribution < -0.4 is 25.0 Å². The SMILES string of the molecule is COc1cc(C)nc2c(OCc3c(Cl)ccc(N(C)C(=O)CNC(=O)/C=C/c4ccc(NC(C)=O)nc4)c3Cl)cccc12. The van der Waals surface area contributed by atoms with Crippen molar-refractivity contribution in [2.24, 2.45) is 0 Å². The second-order valence-electron chi connectivity index (χ2n) is 9.43. The van der Waals surface area contributed by atoms with Crippen molar-refractivity contribution in [2.45, 2.75) is 20.5 Å². The molecule has 2 N–H and O–H groups in total. The number of hydrogen-bond donors (Lipinski definition) is 2. The highest BCUT2D eigenvalue weighted by Crippen LogP contribution is 2.36. The van der Waals surface area contributed by atoms with Crippen molar-refractivity contribution < 1.29 is 23.9 Å². The number of pyridine rings is 2. The van der Waals surface area contributed by atoms with E-state index in [1.165, 1.54) is 24.1 Å². The molecule has 43 heavy (non-hydrogen) atoms. The number of nitrogens with zero attached hydrogens (tertiary/aromatic N) is 3. The average Bonchev–Trinajstić information content (AvgIpc) is 2.98. The number of fused-ring (bicyclic) bond motifs is 1. The van der Waals surface area contributed by atoms with Gasteiger partial charge in [0.2, 0.25) is 17.7 Å². The number of nitrogens with one attached hydrogen (secondary N) is 2. The van der Waals surface area contributed by atoms with Crippen molar-refractivity contribution in [3.63, 3.8) is 0 Å². The minimum absolute atomic E-state index is 0.0206. The molecule has 0 spiro atoms. The van der Waals surface area contributed by atoms with Crippen molar-refractivity contribution in [2.75, 3.05) is 30.9 Å². The Bertz CT molecular complexity index is 1710. The Labute approximate surface area is 258 Å². The Morgan fingerprint density at radius 3 is 2.56 bits per heavy atom. The molecule has 0 aliphatic carbocycles. The van der Waals surface area contributed by atoms with Gasteiger partial charge in [0.15, 0.2) is 0 Å². The zero-order valence-corrected chi connectivity index (χ0v) is 25.4. The molecule has 0 atom stereocenters. The Morgan fingerprint density at radius 2 is 1.86 bits per heavy atom. The molecule has 0 unspecified atom stereocenters. The highest BCUT2D eigenvalue weighted by molar-refractivity contribution is 6.38. The number of aromatic nitrogens is 2. The molecule has 0 aliphatic rings. The lowest BCUT2D eigenvalue weighted by Gasteiger charge is -2.21. The minimum atomic E-state index is -0.473. The summed E-state index contributed by atoms with van der Waals surface area (Å²) in [7, 11) is 3.15. The first kappa shape index (κ1) is 31.3. The summed E-state index contributed by atoms with van der Waals surface area (Å²) in [6.45, 7) is 3.00. The van der Waals surface area contributed by atoms with E-state index in [9.17, 15) is 14.4 Å². The van der Waals surface area contributed by atoms with Crippen molar-refractivity contribution in [1.29, 1.82) is 0 Å². The third kappa shape index (κ3) is 7.79. The van der Waals surface area contributed by atoms with Gasteiger partial charge in [-0.1, -0.05) is 29.3 Å². The fourth-order valence-corrected chi connectivity index (χ4v) is 4.74. The van der Waals surface area contributed by atoms with E-state index in [1.807, 2.05) is 25.1 Å². The quantitative estimate of drug-likeness (QED) is 0.221. The van der Waals surface area contributed by atoms with Gasteiger partial charge in [-0.15, -0.1) is 0 Å². The maximum atomic E-state index is 12.9. The van der Waals surface area contributed by atoms with Crippen LogP contribution in [-0.4, -0.2) is 48.4 Å². The van der Waals surface area contributed by atoms with Crippen LogP contribution in [0.15, 0.2) is 60.8 Å². The molecule has 3 amide bonds. The number of para-hydroxylation sites is 1. The number of benzene rings is 2. The van der Waals surface area contributed by atoms with Gasteiger partial charge >= 0.3 is 0 Å². The lowest BCUT2D eigenvalue weighted by atomic mass is 10.1. The van der Waals surface area contributed by atoms with Gasteiger partial charge < -0.3 is 25.0 Å². The monoisotopic (exact) mass is 621 g/mol. The van der Waals surface area contributed by atoms with Crippen molar-refractivity contribution in [3.05, 3.63) is 87.7 Å². The van der Waals surface area contributed by atoms with E-state index in [-0.39, 0.29) is 24.1 Å². The van der Waals surface area contributed by atoms with E-state index >= 15 is 0 Å². The average molecular weight is 623 g/mol. The summed E-state index contributed by atoms with van der Waals surface area (Å²) in [5.74, 6) is 0.503. The molecule has 4 aromatic rings. The van der Waals surface area contributed by atoms with E-state index in [1.54, 1.807) is 50.6 Å². The van der Waals surface area contributed by atoms with Crippen LogP contribution in [0.4, 0.5) is 11.5 Å². The van der Waals surface area contributed by atoms with Gasteiger partial charge in [-0.2, -0.15) is 0 Å². The first-order valence-corrected chi connectivity index (χ1v) is 13.8. The van der Waals surface area contributed by atoms with Crippen molar-refractivity contribution in [3.8, 4) is 11.5 Å². The number of rotatable bonds is 10. The van der Waals surface area contributed by atoms with Gasteiger partial charge in [0.1, 0.15) is 29.4 Å². The van der Waals surface area contributed by atoms with Crippen LogP contribution in [0.5, 0.6) is 11.5 Å². The van der Waals surface area contributed by atoms with Gasteiger partial charge in [-0.3, -0.25) is 14.4 Å². The number of ether oxygens (including phenoxy) is 2. The molecule has 0 saturated carbocycles. The van der Waals surface area contributed by atoms with Crippen LogP contribution in [0, 0.1) is 6.92 Å². The fraction of sp³-hybridized carbons (Fsp3) is 0.194. The Balaban J connectivity index is 1.41. The maximum Gasteiger partial charge on any atom is 0.246 e. The number of carbonyl (C=O) groups is 3. The van der Waals surface area contributed by atoms with Crippen LogP contribution in [0.25, 0.3) is 17.0 Å². The topological polar surface area (TPSA) is 123 Å². The predicted molar refractivity (Wildman–Crippen MR) is 168 cm³/mol. The fourth-order valence-electron chi connectivity index (χ4n) is 4.13. The summed E-state index contributed by atoms with van der Waals surface area (Å²) in [5, 5.41) is 6.54. The smallest absolute Gasteiger partial charge is 0.246 e. The second-order valence-corrected chi connectivity index (χ2v) is 10.2. The highest BCUT2D eigenvalue weighted by atomic mass is 35.5. The van der Waals surface area contributed by atoms with Crippen LogP contribution in [0.2, 0.25) is 10.0 Å². The number of methoxy groups -OCH3 is 1. The molecule has 2 aromatic heterocycles. The lowest BCUT2D eigenvalue weighted by Crippen LogP contribution is -2.37. The van der Waals surface area contributed by atoms with E-state index < -0.39 is 11.8 Å². The molecule has 10 nitrogen and oxygen atoms in total. The minimum Gasteiger partial charge on any atom is -0.496 e. The normalized spacial score (nSPS) is 10.9. The standard InChI is InChI=1S/C31H29Cl2N5O5/c1-18-14-26(42-4)21-6-5-7-25(31(21)36-18)43-17-22-23(32)10-11-24(30(22)33)38(3)29(41)16-35-28(40)13-9-20-8-12-27(34-15-20)37-19(2)39/h5-15H,16-17H2,1-4H3,(H,35,40)(H,34,37,39)/b13-9+.